The highest BCUT2D eigenvalue weighted by molar-refractivity contribution is 7.84. The summed E-state index contributed by atoms with van der Waals surface area (Å²) in [6, 6.07) is 4.44. The minimum atomic E-state index is -0.741. The molecule has 5 heterocycles. The van der Waals surface area contributed by atoms with Gasteiger partial charge < -0.3 is 15.2 Å². The number of aromatic nitrogens is 4. The third kappa shape index (κ3) is 6.74. The average molecular weight is 594 g/mol. The van der Waals surface area contributed by atoms with Gasteiger partial charge in [-0.3, -0.25) is 18.7 Å². The van der Waals surface area contributed by atoms with E-state index in [4.69, 9.17) is 4.98 Å². The van der Waals surface area contributed by atoms with E-state index >= 15 is 0 Å². The second-order valence-electron chi connectivity index (χ2n) is 11.9. The number of hydrogen-bond acceptors (Lipinski definition) is 7. The van der Waals surface area contributed by atoms with E-state index in [1.54, 1.807) is 12.5 Å². The van der Waals surface area contributed by atoms with Crippen molar-refractivity contribution in [2.24, 2.45) is 0 Å². The summed E-state index contributed by atoms with van der Waals surface area (Å²) in [7, 11) is -0.741. The zero-order chi connectivity index (χ0) is 30.0. The van der Waals surface area contributed by atoms with Crippen LogP contribution in [0.4, 0.5) is 0 Å². The van der Waals surface area contributed by atoms with Gasteiger partial charge in [-0.1, -0.05) is 6.08 Å². The number of nitrogens with zero attached hydrogens (tertiary/aromatic N) is 5. The molecule has 0 bridgehead atoms. The van der Waals surface area contributed by atoms with Crippen molar-refractivity contribution in [2.45, 2.75) is 65.6 Å². The van der Waals surface area contributed by atoms with Crippen molar-refractivity contribution in [3.63, 3.8) is 0 Å². The molecule has 10 nitrogen and oxygen atoms in total. The lowest BCUT2D eigenvalue weighted by atomic mass is 9.97. The van der Waals surface area contributed by atoms with Gasteiger partial charge in [0.15, 0.2) is 5.65 Å². The molecule has 1 unspecified atom stereocenters. The van der Waals surface area contributed by atoms with Gasteiger partial charge in [0.2, 0.25) is 0 Å². The van der Waals surface area contributed by atoms with Crippen LogP contribution in [0.2, 0.25) is 0 Å². The first-order chi connectivity index (χ1) is 20.1. The lowest BCUT2D eigenvalue weighted by molar-refractivity contribution is 0.0952. The lowest BCUT2D eigenvalue weighted by Crippen LogP contribution is -2.46. The van der Waals surface area contributed by atoms with Crippen molar-refractivity contribution >= 4 is 33.3 Å². The highest BCUT2D eigenvalue weighted by Gasteiger charge is 2.27. The predicted molar refractivity (Wildman–Crippen MR) is 168 cm³/mol. The van der Waals surface area contributed by atoms with E-state index in [1.807, 2.05) is 30.7 Å². The van der Waals surface area contributed by atoms with E-state index < -0.39 is 10.8 Å². The molecule has 1 saturated heterocycles. The van der Waals surface area contributed by atoms with Gasteiger partial charge in [0, 0.05) is 72.3 Å². The molecule has 0 saturated carbocycles. The Labute approximate surface area is 250 Å². The van der Waals surface area contributed by atoms with Gasteiger partial charge >= 0.3 is 0 Å². The number of aromatic amines is 1. The molecular weight excluding hydrogens is 550 g/mol. The summed E-state index contributed by atoms with van der Waals surface area (Å²) in [5.74, 6) is 0.500. The molecule has 11 heteroatoms. The number of hydrogen-bond donors (Lipinski definition) is 2. The Kier molecular flexibility index (Phi) is 9.39. The minimum absolute atomic E-state index is 0.0916. The molecule has 0 aromatic carbocycles. The minimum Gasteiger partial charge on any atom is -0.348 e. The van der Waals surface area contributed by atoms with Gasteiger partial charge in [-0.15, -0.1) is 0 Å². The van der Waals surface area contributed by atoms with E-state index in [2.05, 4.69) is 45.1 Å². The third-order valence-corrected chi connectivity index (χ3v) is 9.32. The Morgan fingerprint density at radius 2 is 1.95 bits per heavy atom. The number of fused-ring (bicyclic) bond motifs is 1. The number of likely N-dealkylation sites (tertiary alicyclic amines) is 1. The van der Waals surface area contributed by atoms with Crippen LogP contribution in [0.25, 0.3) is 16.6 Å². The molecule has 42 heavy (non-hydrogen) atoms. The monoisotopic (exact) mass is 593 g/mol. The second kappa shape index (κ2) is 13.0. The van der Waals surface area contributed by atoms with Crippen LogP contribution < -0.4 is 10.9 Å². The number of aryl methyl sites for hydroxylation is 2. The van der Waals surface area contributed by atoms with Gasteiger partial charge in [0.25, 0.3) is 11.5 Å². The summed E-state index contributed by atoms with van der Waals surface area (Å²) in [5.41, 5.74) is 5.19. The molecule has 1 atom stereocenters. The molecule has 0 radical (unpaired) electrons. The summed E-state index contributed by atoms with van der Waals surface area (Å²) >= 11 is 0. The van der Waals surface area contributed by atoms with Crippen molar-refractivity contribution in [2.75, 3.05) is 44.7 Å². The number of rotatable bonds is 9. The standard InChI is InChI=1S/C31H43N7O3S/c1-20(2)38-29-27(19-33-38)25(30(39)32-18-26-21(3)16-22(4)34-31(26)40)17-28(35-29)23-6-12-37(13-7-23)24-8-10-36(11-9-24)14-15-42(5)41/h6,16-17,19-20,24H,7-15,18H2,1-5H3,(H,32,39)(H,34,40). The Bertz CT molecular complexity index is 1570. The number of pyridine rings is 2. The number of piperidine rings is 1. The number of amides is 1. The highest BCUT2D eigenvalue weighted by atomic mass is 32.2. The smallest absolute Gasteiger partial charge is 0.253 e. The predicted octanol–water partition coefficient (Wildman–Crippen LogP) is 3.18. The van der Waals surface area contributed by atoms with Crippen molar-refractivity contribution in [1.82, 2.24) is 34.9 Å². The molecule has 0 aliphatic carbocycles. The van der Waals surface area contributed by atoms with Crippen molar-refractivity contribution < 1.29 is 9.00 Å². The molecule has 0 spiro atoms. The fourth-order valence-corrected chi connectivity index (χ4v) is 6.64. The number of H-pyrrole nitrogens is 1. The van der Waals surface area contributed by atoms with Crippen LogP contribution in [0.5, 0.6) is 0 Å². The lowest BCUT2D eigenvalue weighted by Gasteiger charge is -2.39. The second-order valence-corrected chi connectivity index (χ2v) is 13.5. The van der Waals surface area contributed by atoms with Gasteiger partial charge in [0.05, 0.1) is 22.8 Å². The maximum Gasteiger partial charge on any atom is 0.253 e. The zero-order valence-electron chi connectivity index (χ0n) is 25.4. The number of carbonyl (C=O) groups is 1. The highest BCUT2D eigenvalue weighted by Crippen LogP contribution is 2.29. The summed E-state index contributed by atoms with van der Waals surface area (Å²) in [4.78, 5) is 38.9. The molecule has 2 aliphatic rings. The summed E-state index contributed by atoms with van der Waals surface area (Å²) in [6.07, 6.45) is 8.87. The zero-order valence-corrected chi connectivity index (χ0v) is 26.2. The summed E-state index contributed by atoms with van der Waals surface area (Å²) < 4.78 is 13.3. The molecule has 1 fully saturated rings. The fourth-order valence-electron chi connectivity index (χ4n) is 6.13. The summed E-state index contributed by atoms with van der Waals surface area (Å²) in [5, 5.41) is 8.23. The normalized spacial score (nSPS) is 18.0. The molecule has 2 aliphatic heterocycles. The van der Waals surface area contributed by atoms with Crippen LogP contribution in [0.1, 0.15) is 72.0 Å². The van der Waals surface area contributed by atoms with Gasteiger partial charge in [-0.25, -0.2) is 9.67 Å². The van der Waals surface area contributed by atoms with Crippen molar-refractivity contribution in [3.05, 3.63) is 62.8 Å². The largest absolute Gasteiger partial charge is 0.348 e. The molecule has 3 aromatic rings. The summed E-state index contributed by atoms with van der Waals surface area (Å²) in [6.45, 7) is 12.8. The SMILES string of the molecule is Cc1cc(C)c(CNC(=O)c2cc(C3=CCN(C4CCN(CCS(C)=O)CC4)CC3)nc3c2cnn3C(C)C)c(=O)[nH]1. The number of nitrogens with one attached hydrogen (secondary N) is 2. The quantitative estimate of drug-likeness (QED) is 0.392. The Balaban J connectivity index is 1.34. The molecule has 3 aromatic heterocycles. The van der Waals surface area contributed by atoms with Crippen LogP contribution in [-0.4, -0.2) is 90.4 Å². The van der Waals surface area contributed by atoms with Gasteiger partial charge in [0.1, 0.15) is 0 Å². The maximum atomic E-state index is 13.6. The topological polar surface area (TPSA) is 116 Å². The average Bonchev–Trinajstić information content (AvgIpc) is 3.40. The first kappa shape index (κ1) is 30.3. The third-order valence-electron chi connectivity index (χ3n) is 8.56. The van der Waals surface area contributed by atoms with E-state index in [-0.39, 0.29) is 24.1 Å². The van der Waals surface area contributed by atoms with Gasteiger partial charge in [-0.2, -0.15) is 5.10 Å². The van der Waals surface area contributed by atoms with Crippen molar-refractivity contribution in [3.8, 4) is 0 Å². The molecule has 5 rings (SSSR count). The van der Waals surface area contributed by atoms with Crippen LogP contribution in [0.15, 0.2) is 29.2 Å². The van der Waals surface area contributed by atoms with E-state index in [0.717, 1.165) is 80.3 Å². The van der Waals surface area contributed by atoms with Crippen LogP contribution >= 0.6 is 0 Å². The number of carbonyl (C=O) groups excluding carboxylic acids is 1. The van der Waals surface area contributed by atoms with E-state index in [1.165, 1.54) is 0 Å². The van der Waals surface area contributed by atoms with Crippen LogP contribution in [0.3, 0.4) is 0 Å². The first-order valence-corrected chi connectivity index (χ1v) is 16.6. The molecule has 226 valence electrons. The van der Waals surface area contributed by atoms with Crippen molar-refractivity contribution in [1.29, 1.82) is 0 Å². The first-order valence-electron chi connectivity index (χ1n) is 14.9. The molecular formula is C31H43N7O3S. The molecule has 1 amide bonds. The van der Waals surface area contributed by atoms with Gasteiger partial charge in [-0.05, 0) is 83.3 Å². The Morgan fingerprint density at radius 1 is 1.19 bits per heavy atom. The Hall–Kier alpha value is -3.15. The van der Waals surface area contributed by atoms with E-state index in [9.17, 15) is 13.8 Å². The fraction of sp³-hybridized carbons (Fsp3) is 0.548. The molecule has 2 N–H and O–H groups in total. The van der Waals surface area contributed by atoms with Crippen LogP contribution in [-0.2, 0) is 17.3 Å². The van der Waals surface area contributed by atoms with E-state index in [0.29, 0.717) is 28.2 Å². The Morgan fingerprint density at radius 3 is 2.60 bits per heavy atom. The maximum absolute atomic E-state index is 13.6. The van der Waals surface area contributed by atoms with Crippen LogP contribution in [0, 0.1) is 13.8 Å².